The summed E-state index contributed by atoms with van der Waals surface area (Å²) in [5.41, 5.74) is 1.47. The lowest BCUT2D eigenvalue weighted by Gasteiger charge is -2.19. The largest absolute Gasteiger partial charge is 0.0859 e. The first kappa shape index (κ1) is 24.0. The van der Waals surface area contributed by atoms with Crippen LogP contribution in [-0.4, -0.2) is 0 Å². The van der Waals surface area contributed by atoms with Crippen LogP contribution in [0.5, 0.6) is 0 Å². The first-order valence-corrected chi connectivity index (χ1v) is 10.2. The van der Waals surface area contributed by atoms with Gasteiger partial charge in [0.2, 0.25) is 0 Å². The molecule has 0 N–H and O–H groups in total. The molecule has 0 spiro atoms. The monoisotopic (exact) mass is 310 g/mol. The Labute approximate surface area is 143 Å². The van der Waals surface area contributed by atoms with E-state index in [0.717, 1.165) is 11.8 Å². The molecule has 0 nitrogen and oxygen atoms in total. The highest BCUT2D eigenvalue weighted by molar-refractivity contribution is 4.92. The molecule has 0 aromatic heterocycles. The molecule has 0 bridgehead atoms. The van der Waals surface area contributed by atoms with Crippen LogP contribution in [0.4, 0.5) is 0 Å². The molecule has 0 aromatic carbocycles. The molecular weight excluding hydrogens is 264 g/mol. The van der Waals surface area contributed by atoms with E-state index in [1.54, 1.807) is 0 Å². The molecule has 134 valence electrons. The Kier molecular flexibility index (Phi) is 20.5. The standard InChI is InChI=1S/C17H32.C3H8.C2H6/c1-15(2)10-8-9-11-16(3)14-17-12-6-4-5-7-13-17;1-3-2;1-2/h10,16-17H,4-9,11-14H2,1-3H3;3H2,1-2H3;1-2H3. The van der Waals surface area contributed by atoms with Crippen LogP contribution in [0, 0.1) is 11.8 Å². The van der Waals surface area contributed by atoms with Gasteiger partial charge in [-0.3, -0.25) is 0 Å². The van der Waals surface area contributed by atoms with Gasteiger partial charge in [-0.1, -0.05) is 97.6 Å². The van der Waals surface area contributed by atoms with Crippen LogP contribution in [0.2, 0.25) is 0 Å². The summed E-state index contributed by atoms with van der Waals surface area (Å²) in [6, 6.07) is 0. The maximum atomic E-state index is 2.47. The molecule has 0 heteroatoms. The van der Waals surface area contributed by atoms with Crippen molar-refractivity contribution in [3.05, 3.63) is 11.6 Å². The normalized spacial score (nSPS) is 16.3. The Morgan fingerprint density at radius 3 is 1.95 bits per heavy atom. The average molecular weight is 311 g/mol. The summed E-state index contributed by atoms with van der Waals surface area (Å²) < 4.78 is 0. The Hall–Kier alpha value is -0.260. The van der Waals surface area contributed by atoms with Gasteiger partial charge in [-0.05, 0) is 44.9 Å². The highest BCUT2D eigenvalue weighted by Gasteiger charge is 2.15. The molecule has 1 aliphatic carbocycles. The third-order valence-electron chi connectivity index (χ3n) is 4.16. The average Bonchev–Trinajstić information content (AvgIpc) is 2.75. The van der Waals surface area contributed by atoms with Gasteiger partial charge in [-0.15, -0.1) is 0 Å². The SMILES string of the molecule is CC.CC(C)=CCCCC(C)CC1CCCCCC1.CCC. The summed E-state index contributed by atoms with van der Waals surface area (Å²) in [6.45, 7) is 15.1. The molecule has 1 rings (SSSR count). The van der Waals surface area contributed by atoms with Crippen LogP contribution in [-0.2, 0) is 0 Å². The minimum atomic E-state index is 0.948. The summed E-state index contributed by atoms with van der Waals surface area (Å²) in [7, 11) is 0. The zero-order valence-corrected chi connectivity index (χ0v) is 17.0. The molecule has 0 aromatic rings. The minimum Gasteiger partial charge on any atom is -0.0859 e. The van der Waals surface area contributed by atoms with Crippen LogP contribution < -0.4 is 0 Å². The van der Waals surface area contributed by atoms with E-state index in [9.17, 15) is 0 Å². The van der Waals surface area contributed by atoms with E-state index >= 15 is 0 Å². The molecule has 22 heavy (non-hydrogen) atoms. The first-order chi connectivity index (χ1) is 10.6. The van der Waals surface area contributed by atoms with Crippen molar-refractivity contribution < 1.29 is 0 Å². The summed E-state index contributed by atoms with van der Waals surface area (Å²) >= 11 is 0. The fourth-order valence-electron chi connectivity index (χ4n) is 3.14. The second-order valence-corrected chi connectivity index (χ2v) is 7.12. The minimum absolute atomic E-state index is 0.948. The van der Waals surface area contributed by atoms with Gasteiger partial charge in [0.15, 0.2) is 0 Å². The Bertz CT molecular complexity index is 214. The van der Waals surface area contributed by atoms with Crippen LogP contribution >= 0.6 is 0 Å². The van der Waals surface area contributed by atoms with E-state index in [0.29, 0.717) is 0 Å². The van der Waals surface area contributed by atoms with E-state index in [2.05, 4.69) is 40.7 Å². The lowest BCUT2D eigenvalue weighted by molar-refractivity contribution is 0.338. The summed E-state index contributed by atoms with van der Waals surface area (Å²) in [4.78, 5) is 0. The van der Waals surface area contributed by atoms with Crippen molar-refractivity contribution in [2.24, 2.45) is 11.8 Å². The van der Waals surface area contributed by atoms with Crippen molar-refractivity contribution in [1.29, 1.82) is 0 Å². The molecule has 0 heterocycles. The lowest BCUT2D eigenvalue weighted by Crippen LogP contribution is -2.05. The van der Waals surface area contributed by atoms with Gasteiger partial charge in [-0.2, -0.15) is 0 Å². The lowest BCUT2D eigenvalue weighted by atomic mass is 9.87. The second-order valence-electron chi connectivity index (χ2n) is 7.12. The van der Waals surface area contributed by atoms with Gasteiger partial charge >= 0.3 is 0 Å². The maximum Gasteiger partial charge on any atom is -0.0348 e. The molecule has 1 fully saturated rings. The quantitative estimate of drug-likeness (QED) is 0.262. The summed E-state index contributed by atoms with van der Waals surface area (Å²) in [6.07, 6.45) is 18.2. The smallest absolute Gasteiger partial charge is 0.0348 e. The van der Waals surface area contributed by atoms with Crippen molar-refractivity contribution in [3.8, 4) is 0 Å². The fraction of sp³-hybridized carbons (Fsp3) is 0.909. The molecule has 0 aliphatic heterocycles. The predicted octanol–water partition coefficient (Wildman–Crippen LogP) is 8.56. The summed E-state index contributed by atoms with van der Waals surface area (Å²) in [5, 5.41) is 0. The number of hydrogen-bond donors (Lipinski definition) is 0. The Morgan fingerprint density at radius 1 is 1.00 bits per heavy atom. The van der Waals surface area contributed by atoms with Gasteiger partial charge in [0.25, 0.3) is 0 Å². The Balaban J connectivity index is 0. The third kappa shape index (κ3) is 17.8. The van der Waals surface area contributed by atoms with Crippen LogP contribution in [0.15, 0.2) is 11.6 Å². The third-order valence-corrected chi connectivity index (χ3v) is 4.16. The van der Waals surface area contributed by atoms with Crippen LogP contribution in [0.3, 0.4) is 0 Å². The van der Waals surface area contributed by atoms with Crippen molar-refractivity contribution in [1.82, 2.24) is 0 Å². The first-order valence-electron chi connectivity index (χ1n) is 10.2. The van der Waals surface area contributed by atoms with Crippen molar-refractivity contribution in [3.63, 3.8) is 0 Å². The molecule has 1 atom stereocenters. The van der Waals surface area contributed by atoms with Gasteiger partial charge in [0.05, 0.1) is 0 Å². The van der Waals surface area contributed by atoms with Gasteiger partial charge in [0.1, 0.15) is 0 Å². The van der Waals surface area contributed by atoms with E-state index < -0.39 is 0 Å². The zero-order chi connectivity index (χ0) is 17.2. The fourth-order valence-corrected chi connectivity index (χ4v) is 3.14. The Morgan fingerprint density at radius 2 is 1.50 bits per heavy atom. The number of hydrogen-bond acceptors (Lipinski definition) is 0. The molecule has 0 amide bonds. The topological polar surface area (TPSA) is 0 Å². The predicted molar refractivity (Wildman–Crippen MR) is 106 cm³/mol. The maximum absolute atomic E-state index is 2.47. The van der Waals surface area contributed by atoms with Crippen LogP contribution in [0.1, 0.15) is 119 Å². The highest BCUT2D eigenvalue weighted by atomic mass is 14.2. The number of allylic oxidation sites excluding steroid dienone is 2. The van der Waals surface area contributed by atoms with E-state index in [1.165, 1.54) is 76.2 Å². The van der Waals surface area contributed by atoms with Crippen molar-refractivity contribution in [2.75, 3.05) is 0 Å². The molecule has 1 unspecified atom stereocenters. The number of rotatable bonds is 6. The van der Waals surface area contributed by atoms with Crippen molar-refractivity contribution in [2.45, 2.75) is 119 Å². The zero-order valence-electron chi connectivity index (χ0n) is 17.0. The second kappa shape index (κ2) is 18.8. The molecular formula is C22H46. The van der Waals surface area contributed by atoms with Gasteiger partial charge in [0, 0.05) is 0 Å². The van der Waals surface area contributed by atoms with Gasteiger partial charge in [-0.25, -0.2) is 0 Å². The molecule has 0 saturated heterocycles. The van der Waals surface area contributed by atoms with E-state index in [4.69, 9.17) is 0 Å². The van der Waals surface area contributed by atoms with Crippen molar-refractivity contribution >= 4 is 0 Å². The van der Waals surface area contributed by atoms with E-state index in [1.807, 2.05) is 13.8 Å². The van der Waals surface area contributed by atoms with Crippen LogP contribution in [0.25, 0.3) is 0 Å². The number of unbranched alkanes of at least 4 members (excludes halogenated alkanes) is 1. The highest BCUT2D eigenvalue weighted by Crippen LogP contribution is 2.29. The van der Waals surface area contributed by atoms with Gasteiger partial charge < -0.3 is 0 Å². The molecule has 1 aliphatic rings. The molecule has 0 radical (unpaired) electrons. The summed E-state index contributed by atoms with van der Waals surface area (Å²) in [5.74, 6) is 2.00. The van der Waals surface area contributed by atoms with E-state index in [-0.39, 0.29) is 0 Å². The molecule has 1 saturated carbocycles.